The summed E-state index contributed by atoms with van der Waals surface area (Å²) < 4.78 is 18.7. The molecule has 1 aromatic carbocycles. The van der Waals surface area contributed by atoms with E-state index in [0.29, 0.717) is 18.1 Å². The van der Waals surface area contributed by atoms with Crippen LogP contribution < -0.4 is 10.1 Å². The van der Waals surface area contributed by atoms with Crippen LogP contribution in [0.3, 0.4) is 0 Å². The maximum atomic E-state index is 13.6. The minimum Gasteiger partial charge on any atom is -0.491 e. The third-order valence-corrected chi connectivity index (χ3v) is 2.31. The van der Waals surface area contributed by atoms with Crippen molar-refractivity contribution in [2.45, 2.75) is 6.92 Å². The fraction of sp³-hybridized carbons (Fsp3) is 0.167. The fourth-order valence-electron chi connectivity index (χ4n) is 1.40. The van der Waals surface area contributed by atoms with E-state index in [1.807, 2.05) is 0 Å². The minimum absolute atomic E-state index is 0.131. The van der Waals surface area contributed by atoms with Crippen molar-refractivity contribution in [3.63, 3.8) is 0 Å². The number of nitrogens with zero attached hydrogens (tertiary/aromatic N) is 2. The van der Waals surface area contributed by atoms with Crippen molar-refractivity contribution in [1.82, 2.24) is 9.97 Å². The summed E-state index contributed by atoms with van der Waals surface area (Å²) in [6.07, 6.45) is 1.52. The number of aromatic nitrogens is 2. The molecule has 18 heavy (non-hydrogen) atoms. The van der Waals surface area contributed by atoms with Crippen LogP contribution in [0.5, 0.6) is 5.75 Å². The Morgan fingerprint density at radius 2 is 2.22 bits per heavy atom. The molecule has 0 unspecified atom stereocenters. The first-order valence-corrected chi connectivity index (χ1v) is 5.74. The van der Waals surface area contributed by atoms with Crippen molar-refractivity contribution in [2.75, 3.05) is 11.9 Å². The van der Waals surface area contributed by atoms with Gasteiger partial charge in [-0.2, -0.15) is 0 Å². The van der Waals surface area contributed by atoms with Crippen LogP contribution in [0.4, 0.5) is 15.9 Å². The molecule has 0 aliphatic rings. The van der Waals surface area contributed by atoms with Crippen LogP contribution in [0.2, 0.25) is 5.28 Å². The van der Waals surface area contributed by atoms with Crippen molar-refractivity contribution in [3.8, 4) is 5.75 Å². The van der Waals surface area contributed by atoms with Gasteiger partial charge in [0.05, 0.1) is 6.61 Å². The Kier molecular flexibility index (Phi) is 3.94. The summed E-state index contributed by atoms with van der Waals surface area (Å²) in [6.45, 7) is 2.22. The Morgan fingerprint density at radius 3 is 2.89 bits per heavy atom. The summed E-state index contributed by atoms with van der Waals surface area (Å²) in [7, 11) is 0. The van der Waals surface area contributed by atoms with Gasteiger partial charge in [0.25, 0.3) is 0 Å². The molecular formula is C12H11ClFN3O. The molecule has 0 bridgehead atoms. The second-order valence-electron chi connectivity index (χ2n) is 3.41. The normalized spacial score (nSPS) is 10.2. The Morgan fingerprint density at radius 1 is 1.39 bits per heavy atom. The minimum atomic E-state index is -0.429. The van der Waals surface area contributed by atoms with Gasteiger partial charge in [-0.25, -0.2) is 14.4 Å². The predicted molar refractivity (Wildman–Crippen MR) is 67.9 cm³/mol. The highest BCUT2D eigenvalue weighted by Crippen LogP contribution is 2.23. The third kappa shape index (κ3) is 3.07. The molecule has 0 radical (unpaired) electrons. The second-order valence-corrected chi connectivity index (χ2v) is 3.75. The molecule has 0 fully saturated rings. The second kappa shape index (κ2) is 5.64. The molecule has 2 aromatic rings. The summed E-state index contributed by atoms with van der Waals surface area (Å²) in [5.74, 6) is 0.296. The number of benzene rings is 1. The lowest BCUT2D eigenvalue weighted by molar-refractivity contribution is 0.321. The third-order valence-electron chi connectivity index (χ3n) is 2.13. The molecule has 1 heterocycles. The largest absolute Gasteiger partial charge is 0.491 e. The maximum absolute atomic E-state index is 13.6. The number of hydrogen-bond donors (Lipinski definition) is 1. The molecule has 0 saturated heterocycles. The lowest BCUT2D eigenvalue weighted by Gasteiger charge is -2.08. The van der Waals surface area contributed by atoms with Gasteiger partial charge in [-0.3, -0.25) is 0 Å². The summed E-state index contributed by atoms with van der Waals surface area (Å²) in [6, 6.07) is 6.23. The molecule has 0 aliphatic carbocycles. The van der Waals surface area contributed by atoms with Gasteiger partial charge >= 0.3 is 0 Å². The van der Waals surface area contributed by atoms with E-state index in [2.05, 4.69) is 15.3 Å². The first kappa shape index (κ1) is 12.6. The lowest BCUT2D eigenvalue weighted by atomic mass is 10.3. The van der Waals surface area contributed by atoms with Crippen molar-refractivity contribution >= 4 is 23.1 Å². The quantitative estimate of drug-likeness (QED) is 0.863. The Hall–Kier alpha value is -1.88. The highest BCUT2D eigenvalue weighted by atomic mass is 35.5. The van der Waals surface area contributed by atoms with Crippen LogP contribution in [0.15, 0.2) is 30.5 Å². The van der Waals surface area contributed by atoms with Crippen molar-refractivity contribution < 1.29 is 9.13 Å². The van der Waals surface area contributed by atoms with Gasteiger partial charge in [0, 0.05) is 18.0 Å². The fourth-order valence-corrected chi connectivity index (χ4v) is 1.55. The summed E-state index contributed by atoms with van der Waals surface area (Å²) in [4.78, 5) is 7.70. The monoisotopic (exact) mass is 267 g/mol. The molecule has 2 rings (SSSR count). The number of nitrogens with one attached hydrogen (secondary N) is 1. The molecular weight excluding hydrogens is 257 g/mol. The Balaban J connectivity index is 2.17. The van der Waals surface area contributed by atoms with E-state index in [-0.39, 0.29) is 11.0 Å². The predicted octanol–water partition coefficient (Wildman–Crippen LogP) is 3.41. The van der Waals surface area contributed by atoms with E-state index in [9.17, 15) is 4.39 Å². The molecule has 6 heteroatoms. The van der Waals surface area contributed by atoms with E-state index in [1.54, 1.807) is 25.1 Å². The Bertz CT molecular complexity index is 551. The Labute approximate surface area is 109 Å². The van der Waals surface area contributed by atoms with Crippen LogP contribution in [0.1, 0.15) is 6.92 Å². The highest BCUT2D eigenvalue weighted by Gasteiger charge is 2.05. The zero-order valence-electron chi connectivity index (χ0n) is 9.65. The molecule has 0 spiro atoms. The van der Waals surface area contributed by atoms with E-state index in [1.165, 1.54) is 12.3 Å². The highest BCUT2D eigenvalue weighted by molar-refractivity contribution is 6.28. The van der Waals surface area contributed by atoms with Gasteiger partial charge in [0.1, 0.15) is 5.82 Å². The molecule has 1 N–H and O–H groups in total. The summed E-state index contributed by atoms with van der Waals surface area (Å²) in [5.41, 5.74) is 0.561. The first-order chi connectivity index (χ1) is 8.69. The van der Waals surface area contributed by atoms with Gasteiger partial charge in [0.15, 0.2) is 11.6 Å². The van der Waals surface area contributed by atoms with Gasteiger partial charge in [0.2, 0.25) is 5.28 Å². The zero-order chi connectivity index (χ0) is 13.0. The van der Waals surface area contributed by atoms with E-state index in [0.717, 1.165) is 0 Å². The van der Waals surface area contributed by atoms with E-state index < -0.39 is 5.82 Å². The lowest BCUT2D eigenvalue weighted by Crippen LogP contribution is -1.98. The maximum Gasteiger partial charge on any atom is 0.224 e. The van der Waals surface area contributed by atoms with Crippen LogP contribution >= 0.6 is 11.6 Å². The summed E-state index contributed by atoms with van der Waals surface area (Å²) >= 11 is 5.65. The van der Waals surface area contributed by atoms with Gasteiger partial charge in [-0.1, -0.05) is 0 Å². The number of halogens is 2. The average Bonchev–Trinajstić information content (AvgIpc) is 2.33. The van der Waals surface area contributed by atoms with Crippen molar-refractivity contribution in [2.24, 2.45) is 0 Å². The smallest absolute Gasteiger partial charge is 0.224 e. The standard InChI is InChI=1S/C12H11ClFN3O/c1-2-18-10-4-3-8(7-9(10)14)16-11-5-6-15-12(13)17-11/h3-7H,2H2,1H3,(H,15,16,17). The van der Waals surface area contributed by atoms with Gasteiger partial charge in [-0.05, 0) is 36.7 Å². The summed E-state index contributed by atoms with van der Waals surface area (Å²) in [5, 5.41) is 3.05. The van der Waals surface area contributed by atoms with Crippen LogP contribution in [-0.4, -0.2) is 16.6 Å². The average molecular weight is 268 g/mol. The molecule has 0 saturated carbocycles. The van der Waals surface area contributed by atoms with E-state index >= 15 is 0 Å². The van der Waals surface area contributed by atoms with Crippen LogP contribution in [0.25, 0.3) is 0 Å². The SMILES string of the molecule is CCOc1ccc(Nc2ccnc(Cl)n2)cc1F. The number of hydrogen-bond acceptors (Lipinski definition) is 4. The number of anilines is 2. The molecule has 1 aromatic heterocycles. The van der Waals surface area contributed by atoms with Crippen molar-refractivity contribution in [1.29, 1.82) is 0 Å². The first-order valence-electron chi connectivity index (χ1n) is 5.37. The number of ether oxygens (including phenoxy) is 1. The molecule has 0 atom stereocenters. The van der Waals surface area contributed by atoms with Gasteiger partial charge in [-0.15, -0.1) is 0 Å². The van der Waals surface area contributed by atoms with E-state index in [4.69, 9.17) is 16.3 Å². The topological polar surface area (TPSA) is 47.0 Å². The molecule has 4 nitrogen and oxygen atoms in total. The number of rotatable bonds is 4. The van der Waals surface area contributed by atoms with Crippen LogP contribution in [-0.2, 0) is 0 Å². The molecule has 0 aliphatic heterocycles. The van der Waals surface area contributed by atoms with Crippen molar-refractivity contribution in [3.05, 3.63) is 41.6 Å². The molecule has 94 valence electrons. The zero-order valence-corrected chi connectivity index (χ0v) is 10.4. The van der Waals surface area contributed by atoms with Gasteiger partial charge < -0.3 is 10.1 Å². The molecule has 0 amide bonds. The van der Waals surface area contributed by atoms with Crippen LogP contribution in [0, 0.1) is 5.82 Å².